The number of aromatic nitrogens is 2. The minimum Gasteiger partial charge on any atom is -0.348 e. The van der Waals surface area contributed by atoms with Gasteiger partial charge < -0.3 is 5.32 Å². The first-order chi connectivity index (χ1) is 11.6. The van der Waals surface area contributed by atoms with Crippen LogP contribution in [0.5, 0.6) is 0 Å². The lowest BCUT2D eigenvalue weighted by molar-refractivity contribution is 0.0951. The fourth-order valence-electron chi connectivity index (χ4n) is 2.34. The van der Waals surface area contributed by atoms with Crippen LogP contribution >= 0.6 is 15.9 Å². The van der Waals surface area contributed by atoms with Crippen LogP contribution in [0, 0.1) is 6.92 Å². The van der Waals surface area contributed by atoms with E-state index >= 15 is 0 Å². The largest absolute Gasteiger partial charge is 0.348 e. The van der Waals surface area contributed by atoms with Crippen molar-refractivity contribution in [1.29, 1.82) is 0 Å². The summed E-state index contributed by atoms with van der Waals surface area (Å²) in [6, 6.07) is 17.1. The van der Waals surface area contributed by atoms with Crippen LogP contribution in [-0.4, -0.2) is 15.9 Å². The van der Waals surface area contributed by atoms with E-state index in [0.29, 0.717) is 12.1 Å². The smallest absolute Gasteiger partial charge is 0.251 e. The molecule has 0 unspecified atom stereocenters. The number of hydrogen-bond acceptors (Lipinski definition) is 3. The molecule has 0 saturated heterocycles. The minimum atomic E-state index is -0.0969. The summed E-state index contributed by atoms with van der Waals surface area (Å²) in [7, 11) is 0. The van der Waals surface area contributed by atoms with Gasteiger partial charge in [-0.1, -0.05) is 40.2 Å². The monoisotopic (exact) mass is 381 g/mol. The van der Waals surface area contributed by atoms with Gasteiger partial charge in [0, 0.05) is 28.3 Å². The molecular weight excluding hydrogens is 366 g/mol. The Bertz CT molecular complexity index is 862. The highest BCUT2D eigenvalue weighted by Crippen LogP contribution is 2.17. The van der Waals surface area contributed by atoms with Crippen LogP contribution in [-0.2, 0) is 6.54 Å². The first-order valence-electron chi connectivity index (χ1n) is 7.54. The van der Waals surface area contributed by atoms with Crippen LogP contribution in [0.2, 0.25) is 0 Å². The number of nitrogens with one attached hydrogen (secondary N) is 1. The zero-order valence-corrected chi connectivity index (χ0v) is 14.7. The van der Waals surface area contributed by atoms with Crippen LogP contribution in [0.3, 0.4) is 0 Å². The molecule has 0 saturated carbocycles. The summed E-state index contributed by atoms with van der Waals surface area (Å²) in [6.07, 6.45) is 1.73. The maximum Gasteiger partial charge on any atom is 0.251 e. The van der Waals surface area contributed by atoms with Crippen molar-refractivity contribution in [2.75, 3.05) is 0 Å². The van der Waals surface area contributed by atoms with E-state index in [2.05, 4.69) is 31.2 Å². The van der Waals surface area contributed by atoms with Gasteiger partial charge in [-0.2, -0.15) is 0 Å². The van der Waals surface area contributed by atoms with E-state index < -0.39 is 0 Å². The number of carbonyl (C=O) groups is 1. The van der Waals surface area contributed by atoms with Crippen molar-refractivity contribution in [3.63, 3.8) is 0 Å². The first-order valence-corrected chi connectivity index (χ1v) is 8.34. The van der Waals surface area contributed by atoms with Gasteiger partial charge in [-0.15, -0.1) is 0 Å². The number of carbonyl (C=O) groups excluding carboxylic acids is 1. The summed E-state index contributed by atoms with van der Waals surface area (Å²) in [5, 5.41) is 2.93. The van der Waals surface area contributed by atoms with Gasteiger partial charge in [0.15, 0.2) is 0 Å². The molecule has 0 aliphatic heterocycles. The number of rotatable bonds is 4. The topological polar surface area (TPSA) is 54.9 Å². The van der Waals surface area contributed by atoms with Crippen LogP contribution < -0.4 is 5.32 Å². The standard InChI is InChI=1S/C19H16BrN3O/c1-13-21-10-9-18(23-13)15-5-7-16(8-6-15)19(24)22-12-14-3-2-4-17(20)11-14/h2-11H,12H2,1H3,(H,22,24). The van der Waals surface area contributed by atoms with Gasteiger partial charge in [0.25, 0.3) is 5.91 Å². The van der Waals surface area contributed by atoms with E-state index in [4.69, 9.17) is 0 Å². The van der Waals surface area contributed by atoms with E-state index in [1.807, 2.05) is 61.5 Å². The van der Waals surface area contributed by atoms with Gasteiger partial charge in [0.1, 0.15) is 5.82 Å². The summed E-state index contributed by atoms with van der Waals surface area (Å²) in [5.41, 5.74) is 3.48. The molecule has 5 heteroatoms. The highest BCUT2D eigenvalue weighted by molar-refractivity contribution is 9.10. The Morgan fingerprint density at radius 1 is 1.12 bits per heavy atom. The number of amides is 1. The number of hydrogen-bond donors (Lipinski definition) is 1. The van der Waals surface area contributed by atoms with Gasteiger partial charge >= 0.3 is 0 Å². The Kier molecular flexibility index (Phi) is 5.01. The van der Waals surface area contributed by atoms with Crippen LogP contribution in [0.4, 0.5) is 0 Å². The molecule has 1 aromatic heterocycles. The molecule has 3 rings (SSSR count). The molecule has 4 nitrogen and oxygen atoms in total. The molecule has 120 valence electrons. The summed E-state index contributed by atoms with van der Waals surface area (Å²) in [6.45, 7) is 2.35. The Balaban J connectivity index is 1.68. The highest BCUT2D eigenvalue weighted by atomic mass is 79.9. The third-order valence-electron chi connectivity index (χ3n) is 3.56. The van der Waals surface area contributed by atoms with Crippen molar-refractivity contribution < 1.29 is 4.79 Å². The maximum atomic E-state index is 12.3. The fourth-order valence-corrected chi connectivity index (χ4v) is 2.79. The molecule has 1 amide bonds. The second kappa shape index (κ2) is 7.36. The number of aryl methyl sites for hydroxylation is 1. The molecule has 0 radical (unpaired) electrons. The quantitative estimate of drug-likeness (QED) is 0.738. The molecule has 3 aromatic rings. The third kappa shape index (κ3) is 4.06. The summed E-state index contributed by atoms with van der Waals surface area (Å²) in [4.78, 5) is 20.7. The molecule has 24 heavy (non-hydrogen) atoms. The predicted octanol–water partition coefficient (Wildman–Crippen LogP) is 4.14. The van der Waals surface area contributed by atoms with Gasteiger partial charge in [-0.05, 0) is 42.8 Å². The van der Waals surface area contributed by atoms with E-state index in [9.17, 15) is 4.79 Å². The summed E-state index contributed by atoms with van der Waals surface area (Å²) < 4.78 is 0.999. The molecule has 0 spiro atoms. The van der Waals surface area contributed by atoms with E-state index in [0.717, 1.165) is 27.1 Å². The zero-order chi connectivity index (χ0) is 16.9. The number of benzene rings is 2. The molecule has 1 heterocycles. The van der Waals surface area contributed by atoms with Crippen molar-refractivity contribution in [3.05, 3.63) is 82.2 Å². The Morgan fingerprint density at radius 3 is 2.62 bits per heavy atom. The van der Waals surface area contributed by atoms with Crippen molar-refractivity contribution >= 4 is 21.8 Å². The average Bonchev–Trinajstić information content (AvgIpc) is 2.60. The zero-order valence-electron chi connectivity index (χ0n) is 13.2. The Morgan fingerprint density at radius 2 is 1.92 bits per heavy atom. The number of halogens is 1. The van der Waals surface area contributed by atoms with E-state index in [1.165, 1.54) is 0 Å². The lowest BCUT2D eigenvalue weighted by Crippen LogP contribution is -2.22. The summed E-state index contributed by atoms with van der Waals surface area (Å²) in [5.74, 6) is 0.628. The van der Waals surface area contributed by atoms with Gasteiger partial charge in [0.2, 0.25) is 0 Å². The number of nitrogens with zero attached hydrogens (tertiary/aromatic N) is 2. The second-order valence-corrected chi connectivity index (χ2v) is 6.29. The predicted molar refractivity (Wildman–Crippen MR) is 97.5 cm³/mol. The van der Waals surface area contributed by atoms with Gasteiger partial charge in [-0.25, -0.2) is 9.97 Å². The first kappa shape index (κ1) is 16.3. The van der Waals surface area contributed by atoms with E-state index in [1.54, 1.807) is 6.20 Å². The lowest BCUT2D eigenvalue weighted by atomic mass is 10.1. The van der Waals surface area contributed by atoms with Gasteiger partial charge in [0.05, 0.1) is 5.69 Å². The molecular formula is C19H16BrN3O. The van der Waals surface area contributed by atoms with Crippen LogP contribution in [0.15, 0.2) is 65.3 Å². The molecule has 0 fully saturated rings. The minimum absolute atomic E-state index is 0.0969. The Hall–Kier alpha value is -2.53. The van der Waals surface area contributed by atoms with Crippen LogP contribution in [0.1, 0.15) is 21.7 Å². The van der Waals surface area contributed by atoms with Crippen molar-refractivity contribution in [2.24, 2.45) is 0 Å². The molecule has 1 N–H and O–H groups in total. The SMILES string of the molecule is Cc1nccc(-c2ccc(C(=O)NCc3cccc(Br)c3)cc2)n1. The Labute approximate surface area is 149 Å². The van der Waals surface area contributed by atoms with Crippen LogP contribution in [0.25, 0.3) is 11.3 Å². The fraction of sp³-hybridized carbons (Fsp3) is 0.105. The van der Waals surface area contributed by atoms with Gasteiger partial charge in [-0.3, -0.25) is 4.79 Å². The van der Waals surface area contributed by atoms with Crippen molar-refractivity contribution in [3.8, 4) is 11.3 Å². The highest BCUT2D eigenvalue weighted by Gasteiger charge is 2.07. The normalized spacial score (nSPS) is 10.4. The lowest BCUT2D eigenvalue weighted by Gasteiger charge is -2.07. The second-order valence-electron chi connectivity index (χ2n) is 5.38. The maximum absolute atomic E-state index is 12.3. The van der Waals surface area contributed by atoms with Crippen molar-refractivity contribution in [2.45, 2.75) is 13.5 Å². The van der Waals surface area contributed by atoms with E-state index in [-0.39, 0.29) is 5.91 Å². The molecule has 2 aromatic carbocycles. The molecule has 0 aliphatic carbocycles. The third-order valence-corrected chi connectivity index (χ3v) is 4.05. The molecule has 0 aliphatic rings. The average molecular weight is 382 g/mol. The molecule has 0 bridgehead atoms. The summed E-state index contributed by atoms with van der Waals surface area (Å²) >= 11 is 3.43. The molecule has 0 atom stereocenters. The van der Waals surface area contributed by atoms with Crippen molar-refractivity contribution in [1.82, 2.24) is 15.3 Å².